The topological polar surface area (TPSA) is 90.1 Å². The lowest BCUT2D eigenvalue weighted by Crippen LogP contribution is -2.51. The molecule has 3 rings (SSSR count). The lowest BCUT2D eigenvalue weighted by atomic mass is 9.89. The van der Waals surface area contributed by atoms with E-state index >= 15 is 0 Å². The molecule has 120 valence electrons. The average Bonchev–Trinajstić information content (AvgIpc) is 2.98. The fourth-order valence-electron chi connectivity index (χ4n) is 2.71. The van der Waals surface area contributed by atoms with E-state index in [-0.39, 0.29) is 17.4 Å². The maximum Gasteiger partial charge on any atom is 0.274 e. The summed E-state index contributed by atoms with van der Waals surface area (Å²) >= 11 is 5.92. The van der Waals surface area contributed by atoms with Crippen molar-refractivity contribution in [3.63, 3.8) is 0 Å². The second kappa shape index (κ2) is 6.52. The van der Waals surface area contributed by atoms with Gasteiger partial charge in [0.15, 0.2) is 11.5 Å². The summed E-state index contributed by atoms with van der Waals surface area (Å²) in [6, 6.07) is 7.57. The first-order valence-corrected chi connectivity index (χ1v) is 7.67. The Morgan fingerprint density at radius 3 is 2.70 bits per heavy atom. The summed E-state index contributed by atoms with van der Waals surface area (Å²) in [4.78, 5) is 20.4. The smallest absolute Gasteiger partial charge is 0.274 e. The van der Waals surface area contributed by atoms with Gasteiger partial charge in [-0.15, -0.1) is 0 Å². The highest BCUT2D eigenvalue weighted by atomic mass is 35.5. The van der Waals surface area contributed by atoms with E-state index in [0.717, 1.165) is 12.0 Å². The van der Waals surface area contributed by atoms with Crippen LogP contribution in [0.4, 0.5) is 5.82 Å². The predicted octanol–water partition coefficient (Wildman–Crippen LogP) is 1.84. The van der Waals surface area contributed by atoms with Gasteiger partial charge in [-0.2, -0.15) is 0 Å². The third kappa shape index (κ3) is 3.60. The molecule has 0 saturated carbocycles. The van der Waals surface area contributed by atoms with Gasteiger partial charge in [-0.1, -0.05) is 23.7 Å². The molecule has 1 aromatic heterocycles. The van der Waals surface area contributed by atoms with Crippen LogP contribution in [0.5, 0.6) is 0 Å². The van der Waals surface area contributed by atoms with Crippen molar-refractivity contribution >= 4 is 23.3 Å². The van der Waals surface area contributed by atoms with Crippen LogP contribution in [-0.4, -0.2) is 34.6 Å². The van der Waals surface area contributed by atoms with Crippen LogP contribution in [0.3, 0.4) is 0 Å². The number of benzene rings is 1. The average molecular weight is 333 g/mol. The fraction of sp³-hybridized carbons (Fsp3) is 0.312. The van der Waals surface area contributed by atoms with Crippen LogP contribution in [0.15, 0.2) is 36.7 Å². The molecule has 1 fully saturated rings. The number of hydrogen-bond acceptors (Lipinski definition) is 5. The normalized spacial score (nSPS) is 20.4. The third-order valence-electron chi connectivity index (χ3n) is 3.88. The Labute approximate surface area is 139 Å². The molecule has 1 unspecified atom stereocenters. The Hall–Kier alpha value is -2.18. The van der Waals surface area contributed by atoms with Gasteiger partial charge < -0.3 is 15.8 Å². The van der Waals surface area contributed by atoms with Crippen LogP contribution in [0.25, 0.3) is 0 Å². The molecule has 6 nitrogen and oxygen atoms in total. The minimum absolute atomic E-state index is 0.116. The quantitative estimate of drug-likeness (QED) is 0.891. The number of nitrogens with zero attached hydrogens (tertiary/aromatic N) is 2. The Balaban J connectivity index is 1.80. The van der Waals surface area contributed by atoms with Crippen molar-refractivity contribution in [3.8, 4) is 0 Å². The number of nitrogens with two attached hydrogens (primary N) is 1. The molecule has 1 aliphatic heterocycles. The van der Waals surface area contributed by atoms with Gasteiger partial charge in [-0.25, -0.2) is 9.97 Å². The van der Waals surface area contributed by atoms with Gasteiger partial charge >= 0.3 is 0 Å². The number of nitrogens with one attached hydrogen (secondary N) is 1. The number of ether oxygens (including phenoxy) is 1. The molecule has 0 spiro atoms. The second-order valence-electron chi connectivity index (χ2n) is 5.63. The van der Waals surface area contributed by atoms with E-state index in [9.17, 15) is 4.79 Å². The van der Waals surface area contributed by atoms with Gasteiger partial charge in [0.1, 0.15) is 0 Å². The zero-order chi connectivity index (χ0) is 16.3. The maximum atomic E-state index is 12.5. The van der Waals surface area contributed by atoms with Crippen molar-refractivity contribution in [1.29, 1.82) is 0 Å². The number of amides is 1. The predicted molar refractivity (Wildman–Crippen MR) is 87.2 cm³/mol. The van der Waals surface area contributed by atoms with Crippen LogP contribution in [0, 0.1) is 0 Å². The van der Waals surface area contributed by atoms with Gasteiger partial charge in [-0.05, 0) is 30.5 Å². The summed E-state index contributed by atoms with van der Waals surface area (Å²) in [5.41, 5.74) is 6.46. The molecule has 1 saturated heterocycles. The van der Waals surface area contributed by atoms with Crippen molar-refractivity contribution < 1.29 is 9.53 Å². The highest BCUT2D eigenvalue weighted by molar-refractivity contribution is 6.30. The van der Waals surface area contributed by atoms with Crippen LogP contribution < -0.4 is 11.1 Å². The van der Waals surface area contributed by atoms with Crippen LogP contribution in [0.1, 0.15) is 22.5 Å². The number of aromatic nitrogens is 2. The van der Waals surface area contributed by atoms with Crippen LogP contribution in [-0.2, 0) is 11.2 Å². The van der Waals surface area contributed by atoms with E-state index in [1.165, 1.54) is 12.4 Å². The van der Waals surface area contributed by atoms with E-state index < -0.39 is 5.54 Å². The number of rotatable bonds is 4. The molecule has 1 amide bonds. The highest BCUT2D eigenvalue weighted by Gasteiger charge is 2.37. The number of nitrogen functional groups attached to an aromatic ring is 1. The minimum Gasteiger partial charge on any atom is -0.382 e. The number of carbonyl (C=O) groups excluding carboxylic acids is 1. The number of carbonyl (C=O) groups is 1. The maximum absolute atomic E-state index is 12.5. The summed E-state index contributed by atoms with van der Waals surface area (Å²) in [5.74, 6) is -0.222. The van der Waals surface area contributed by atoms with Crippen molar-refractivity contribution in [2.45, 2.75) is 18.4 Å². The first-order chi connectivity index (χ1) is 11.1. The molecule has 0 radical (unpaired) electrons. The Morgan fingerprint density at radius 1 is 1.30 bits per heavy atom. The first-order valence-electron chi connectivity index (χ1n) is 7.29. The van der Waals surface area contributed by atoms with Gasteiger partial charge in [0.2, 0.25) is 0 Å². The minimum atomic E-state index is -0.477. The standard InChI is InChI=1S/C16H17ClN4O2/c17-12-3-1-11(2-4-12)9-16(5-8-23-10-16)21-15(22)13-14(18)20-7-6-19-13/h1-4,6-7H,5,8-10H2,(H2,18,20)(H,21,22). The van der Waals surface area contributed by atoms with Gasteiger partial charge in [-0.3, -0.25) is 4.79 Å². The Morgan fingerprint density at radius 2 is 2.04 bits per heavy atom. The number of anilines is 1. The molecule has 1 aromatic carbocycles. The molecule has 1 aliphatic rings. The summed E-state index contributed by atoms with van der Waals surface area (Å²) in [5, 5.41) is 3.72. The zero-order valence-electron chi connectivity index (χ0n) is 12.5. The largest absolute Gasteiger partial charge is 0.382 e. The molecule has 0 aliphatic carbocycles. The highest BCUT2D eigenvalue weighted by Crippen LogP contribution is 2.25. The second-order valence-corrected chi connectivity index (χ2v) is 6.07. The van der Waals surface area contributed by atoms with E-state index in [4.69, 9.17) is 22.1 Å². The first kappa shape index (κ1) is 15.7. The van der Waals surface area contributed by atoms with Gasteiger partial charge in [0, 0.05) is 24.0 Å². The van der Waals surface area contributed by atoms with Crippen LogP contribution >= 0.6 is 11.6 Å². The van der Waals surface area contributed by atoms with Crippen molar-refractivity contribution in [3.05, 3.63) is 52.9 Å². The molecule has 2 aromatic rings. The van der Waals surface area contributed by atoms with Gasteiger partial charge in [0.05, 0.1) is 12.1 Å². The Bertz CT molecular complexity index is 699. The third-order valence-corrected chi connectivity index (χ3v) is 4.13. The molecule has 3 N–H and O–H groups in total. The zero-order valence-corrected chi connectivity index (χ0v) is 13.2. The van der Waals surface area contributed by atoms with Crippen molar-refractivity contribution in [2.24, 2.45) is 0 Å². The SMILES string of the molecule is Nc1nccnc1C(=O)NC1(Cc2ccc(Cl)cc2)CCOC1. The summed E-state index contributed by atoms with van der Waals surface area (Å²) in [7, 11) is 0. The summed E-state index contributed by atoms with van der Waals surface area (Å²) < 4.78 is 5.52. The lowest BCUT2D eigenvalue weighted by Gasteiger charge is -2.29. The van der Waals surface area contributed by atoms with Crippen molar-refractivity contribution in [2.75, 3.05) is 18.9 Å². The molecule has 7 heteroatoms. The van der Waals surface area contributed by atoms with E-state index in [2.05, 4.69) is 15.3 Å². The van der Waals surface area contributed by atoms with E-state index in [0.29, 0.717) is 24.7 Å². The molecular formula is C16H17ClN4O2. The van der Waals surface area contributed by atoms with Gasteiger partial charge in [0.25, 0.3) is 5.91 Å². The van der Waals surface area contributed by atoms with E-state index in [1.54, 1.807) is 0 Å². The fourth-order valence-corrected chi connectivity index (χ4v) is 2.83. The summed E-state index contributed by atoms with van der Waals surface area (Å²) in [6.45, 7) is 1.05. The molecule has 0 bridgehead atoms. The lowest BCUT2D eigenvalue weighted by molar-refractivity contribution is 0.0873. The number of halogens is 1. The molecule has 23 heavy (non-hydrogen) atoms. The molecular weight excluding hydrogens is 316 g/mol. The summed E-state index contributed by atoms with van der Waals surface area (Å²) in [6.07, 6.45) is 4.27. The number of hydrogen-bond donors (Lipinski definition) is 2. The Kier molecular flexibility index (Phi) is 4.45. The molecule has 2 heterocycles. The van der Waals surface area contributed by atoms with Crippen LogP contribution in [0.2, 0.25) is 5.02 Å². The van der Waals surface area contributed by atoms with Crippen molar-refractivity contribution in [1.82, 2.24) is 15.3 Å². The van der Waals surface area contributed by atoms with E-state index in [1.807, 2.05) is 24.3 Å². The molecule has 1 atom stereocenters. The monoisotopic (exact) mass is 332 g/mol.